The molecule has 1 aromatic heterocycles. The van der Waals surface area contributed by atoms with Crippen molar-refractivity contribution in [2.75, 3.05) is 5.73 Å². The predicted octanol–water partition coefficient (Wildman–Crippen LogP) is 1.09. The number of hydrogen-bond acceptors (Lipinski definition) is 4. The lowest BCUT2D eigenvalue weighted by Gasteiger charge is -2.13. The Morgan fingerprint density at radius 1 is 1.32 bits per heavy atom. The Hall–Kier alpha value is -1.86. The van der Waals surface area contributed by atoms with Gasteiger partial charge in [-0.3, -0.25) is 5.10 Å². The van der Waals surface area contributed by atoms with E-state index in [-0.39, 0.29) is 11.4 Å². The van der Waals surface area contributed by atoms with E-state index < -0.39 is 10.0 Å². The Kier molecular flexibility index (Phi) is 3.59. The molecule has 0 aliphatic rings. The van der Waals surface area contributed by atoms with E-state index >= 15 is 0 Å². The molecular weight excluding hydrogens is 264 g/mol. The summed E-state index contributed by atoms with van der Waals surface area (Å²) in [6.07, 6.45) is 3.20. The van der Waals surface area contributed by atoms with Gasteiger partial charge < -0.3 is 5.73 Å². The van der Waals surface area contributed by atoms with Crippen LogP contribution in [0.4, 0.5) is 5.69 Å². The van der Waals surface area contributed by atoms with Crippen LogP contribution in [-0.2, 0) is 16.6 Å². The van der Waals surface area contributed by atoms with Gasteiger partial charge in [-0.25, -0.2) is 13.1 Å². The zero-order valence-corrected chi connectivity index (χ0v) is 11.6. The molecule has 4 N–H and O–H groups in total. The van der Waals surface area contributed by atoms with Crippen LogP contribution in [0.15, 0.2) is 29.4 Å². The summed E-state index contributed by atoms with van der Waals surface area (Å²) in [7, 11) is -3.64. The van der Waals surface area contributed by atoms with Crippen LogP contribution in [-0.4, -0.2) is 18.6 Å². The third-order valence-corrected chi connectivity index (χ3v) is 4.50. The first-order valence-electron chi connectivity index (χ1n) is 5.75. The summed E-state index contributed by atoms with van der Waals surface area (Å²) in [5.74, 6) is 0. The highest BCUT2D eigenvalue weighted by atomic mass is 32.2. The number of aryl methyl sites for hydroxylation is 2. The number of hydrogen-bond donors (Lipinski definition) is 3. The smallest absolute Gasteiger partial charge is 0.243 e. The topological polar surface area (TPSA) is 101 Å². The second kappa shape index (κ2) is 5.02. The average molecular weight is 280 g/mol. The van der Waals surface area contributed by atoms with Crippen LogP contribution in [0.5, 0.6) is 0 Å². The minimum atomic E-state index is -3.64. The Bertz CT molecular complexity index is 678. The molecule has 1 heterocycles. The summed E-state index contributed by atoms with van der Waals surface area (Å²) in [5.41, 5.74) is 8.30. The molecule has 0 fully saturated rings. The van der Waals surface area contributed by atoms with Crippen LogP contribution in [0.3, 0.4) is 0 Å². The van der Waals surface area contributed by atoms with Gasteiger partial charge in [0.25, 0.3) is 0 Å². The van der Waals surface area contributed by atoms with Gasteiger partial charge in [-0.05, 0) is 25.0 Å². The average Bonchev–Trinajstić information content (AvgIpc) is 2.85. The molecule has 0 atom stereocenters. The fraction of sp³-hybridized carbons (Fsp3) is 0.250. The molecule has 0 radical (unpaired) electrons. The van der Waals surface area contributed by atoms with E-state index in [1.807, 2.05) is 0 Å². The van der Waals surface area contributed by atoms with Gasteiger partial charge in [-0.1, -0.05) is 12.1 Å². The van der Waals surface area contributed by atoms with Crippen molar-refractivity contribution < 1.29 is 8.42 Å². The normalized spacial score (nSPS) is 11.7. The highest BCUT2D eigenvalue weighted by molar-refractivity contribution is 7.89. The van der Waals surface area contributed by atoms with Crippen LogP contribution in [0.1, 0.15) is 16.7 Å². The molecule has 2 rings (SSSR count). The number of rotatable bonds is 4. The lowest BCUT2D eigenvalue weighted by atomic mass is 10.1. The standard InChI is InChI=1S/C12H16N4O2S/c1-8-3-4-9(2)12(11(8)13)19(17,18)16-7-10-5-14-15-6-10/h3-6,16H,7,13H2,1-2H3,(H,14,15). The summed E-state index contributed by atoms with van der Waals surface area (Å²) in [6.45, 7) is 3.68. The lowest BCUT2D eigenvalue weighted by molar-refractivity contribution is 0.581. The number of aromatic nitrogens is 2. The molecule has 2 aromatic rings. The summed E-state index contributed by atoms with van der Waals surface area (Å²) < 4.78 is 27.1. The molecule has 0 saturated heterocycles. The molecule has 1 aromatic carbocycles. The largest absolute Gasteiger partial charge is 0.397 e. The monoisotopic (exact) mass is 280 g/mol. The van der Waals surface area contributed by atoms with Crippen LogP contribution in [0, 0.1) is 13.8 Å². The van der Waals surface area contributed by atoms with Gasteiger partial charge >= 0.3 is 0 Å². The van der Waals surface area contributed by atoms with Gasteiger partial charge in [-0.15, -0.1) is 0 Å². The van der Waals surface area contributed by atoms with Crippen molar-refractivity contribution in [3.05, 3.63) is 41.2 Å². The predicted molar refractivity (Wildman–Crippen MR) is 72.9 cm³/mol. The molecular formula is C12H16N4O2S. The summed E-state index contributed by atoms with van der Waals surface area (Å²) in [4.78, 5) is 0.149. The minimum Gasteiger partial charge on any atom is -0.397 e. The van der Waals surface area contributed by atoms with Gasteiger partial charge in [0.15, 0.2) is 0 Å². The molecule has 0 spiro atoms. The van der Waals surface area contributed by atoms with Crippen LogP contribution < -0.4 is 10.5 Å². The van der Waals surface area contributed by atoms with Gasteiger partial charge in [0.05, 0.1) is 11.9 Å². The Balaban J connectivity index is 2.32. The van der Waals surface area contributed by atoms with E-state index in [1.165, 1.54) is 0 Å². The molecule has 0 aliphatic carbocycles. The van der Waals surface area contributed by atoms with E-state index in [2.05, 4.69) is 14.9 Å². The van der Waals surface area contributed by atoms with Crippen molar-refractivity contribution in [3.63, 3.8) is 0 Å². The molecule has 102 valence electrons. The Labute approximate surface area is 112 Å². The third-order valence-electron chi connectivity index (χ3n) is 2.90. The second-order valence-electron chi connectivity index (χ2n) is 4.37. The number of sulfonamides is 1. The number of anilines is 1. The number of H-pyrrole nitrogens is 1. The van der Waals surface area contributed by atoms with Crippen LogP contribution in [0.25, 0.3) is 0 Å². The molecule has 7 heteroatoms. The first-order valence-corrected chi connectivity index (χ1v) is 7.23. The molecule has 19 heavy (non-hydrogen) atoms. The summed E-state index contributed by atoms with van der Waals surface area (Å²) in [5, 5.41) is 6.39. The van der Waals surface area contributed by atoms with Crippen molar-refractivity contribution in [3.8, 4) is 0 Å². The minimum absolute atomic E-state index is 0.149. The first-order chi connectivity index (χ1) is 8.92. The van der Waals surface area contributed by atoms with Crippen LogP contribution >= 0.6 is 0 Å². The molecule has 0 unspecified atom stereocenters. The van der Waals surface area contributed by atoms with E-state index in [0.29, 0.717) is 11.3 Å². The van der Waals surface area contributed by atoms with Gasteiger partial charge in [0.2, 0.25) is 10.0 Å². The maximum Gasteiger partial charge on any atom is 0.243 e. The highest BCUT2D eigenvalue weighted by Gasteiger charge is 2.20. The van der Waals surface area contributed by atoms with E-state index in [9.17, 15) is 8.42 Å². The second-order valence-corrected chi connectivity index (χ2v) is 6.08. The number of nitrogens with two attached hydrogens (primary N) is 1. The lowest BCUT2D eigenvalue weighted by Crippen LogP contribution is -2.25. The zero-order chi connectivity index (χ0) is 14.0. The number of nitrogen functional groups attached to an aromatic ring is 1. The van der Waals surface area contributed by atoms with Gasteiger partial charge in [0.1, 0.15) is 4.90 Å². The van der Waals surface area contributed by atoms with Crippen molar-refractivity contribution in [1.82, 2.24) is 14.9 Å². The fourth-order valence-corrected chi connectivity index (χ4v) is 3.23. The maximum atomic E-state index is 12.3. The number of benzene rings is 1. The number of nitrogens with zero attached hydrogens (tertiary/aromatic N) is 1. The summed E-state index contributed by atoms with van der Waals surface area (Å²) in [6, 6.07) is 3.55. The van der Waals surface area contributed by atoms with E-state index in [0.717, 1.165) is 11.1 Å². The summed E-state index contributed by atoms with van der Waals surface area (Å²) >= 11 is 0. The van der Waals surface area contributed by atoms with Crippen molar-refractivity contribution in [1.29, 1.82) is 0 Å². The Morgan fingerprint density at radius 3 is 2.63 bits per heavy atom. The van der Waals surface area contributed by atoms with Crippen molar-refractivity contribution in [2.24, 2.45) is 0 Å². The number of nitrogens with one attached hydrogen (secondary N) is 2. The molecule has 0 amide bonds. The quantitative estimate of drug-likeness (QED) is 0.730. The molecule has 0 aliphatic heterocycles. The van der Waals surface area contributed by atoms with Gasteiger partial charge in [-0.2, -0.15) is 5.10 Å². The van der Waals surface area contributed by atoms with Crippen molar-refractivity contribution >= 4 is 15.7 Å². The number of aromatic amines is 1. The molecule has 6 nitrogen and oxygen atoms in total. The molecule has 0 saturated carbocycles. The zero-order valence-electron chi connectivity index (χ0n) is 10.8. The molecule has 0 bridgehead atoms. The SMILES string of the molecule is Cc1ccc(C)c(S(=O)(=O)NCc2cn[nH]c2)c1N. The maximum absolute atomic E-state index is 12.3. The fourth-order valence-electron chi connectivity index (χ4n) is 1.79. The van der Waals surface area contributed by atoms with Crippen LogP contribution in [0.2, 0.25) is 0 Å². The van der Waals surface area contributed by atoms with E-state index in [1.54, 1.807) is 38.4 Å². The Morgan fingerprint density at radius 2 is 2.00 bits per heavy atom. The first kappa shape index (κ1) is 13.6. The highest BCUT2D eigenvalue weighted by Crippen LogP contribution is 2.25. The van der Waals surface area contributed by atoms with Gasteiger partial charge in [0, 0.05) is 18.3 Å². The third kappa shape index (κ3) is 2.77. The van der Waals surface area contributed by atoms with Crippen molar-refractivity contribution in [2.45, 2.75) is 25.3 Å². The van der Waals surface area contributed by atoms with E-state index in [4.69, 9.17) is 5.73 Å².